The third-order valence-corrected chi connectivity index (χ3v) is 4.41. The second-order valence-electron chi connectivity index (χ2n) is 5.03. The number of halogens is 4. The quantitative estimate of drug-likeness (QED) is 0.213. The zero-order valence-electron chi connectivity index (χ0n) is 14.4. The highest BCUT2D eigenvalue weighted by Crippen LogP contribution is 2.35. The molecule has 12 heteroatoms. The largest absolute Gasteiger partial charge is 0.466 e. The van der Waals surface area contributed by atoms with Crippen molar-refractivity contribution < 1.29 is 33.2 Å². The molecule has 0 fully saturated rings. The molecule has 1 aliphatic carbocycles. The summed E-state index contributed by atoms with van der Waals surface area (Å²) in [5.74, 6) is -0.564. The van der Waals surface area contributed by atoms with Crippen LogP contribution in [-0.4, -0.2) is 75.8 Å². The molecule has 0 aromatic carbocycles. The SMILES string of the molecule is COCO[C@H]1[C@H](OCOC)[C@H](OCOC)C=C(Br)[C@H]1OC(=N)C(Cl)(Cl)Cl. The van der Waals surface area contributed by atoms with E-state index in [-0.39, 0.29) is 20.4 Å². The second-order valence-corrected chi connectivity index (χ2v) is 8.23. The third kappa shape index (κ3) is 7.38. The number of nitrogens with one attached hydrogen (secondary N) is 1. The Morgan fingerprint density at radius 1 is 1.00 bits per heavy atom. The Labute approximate surface area is 175 Å². The van der Waals surface area contributed by atoms with E-state index in [1.54, 1.807) is 6.08 Å². The summed E-state index contributed by atoms with van der Waals surface area (Å²) in [6, 6.07) is 0. The van der Waals surface area contributed by atoms with Crippen molar-refractivity contribution in [3.05, 3.63) is 10.6 Å². The molecule has 8 nitrogen and oxygen atoms in total. The fraction of sp³-hybridized carbons (Fsp3) is 0.786. The van der Waals surface area contributed by atoms with Gasteiger partial charge in [0.2, 0.25) is 5.90 Å². The summed E-state index contributed by atoms with van der Waals surface area (Å²) in [7, 11) is 4.45. The summed E-state index contributed by atoms with van der Waals surface area (Å²) in [4.78, 5) is 0. The molecule has 4 atom stereocenters. The molecule has 152 valence electrons. The summed E-state index contributed by atoms with van der Waals surface area (Å²) < 4.78 is 35.9. The Balaban J connectivity index is 3.11. The molecule has 0 aromatic rings. The highest BCUT2D eigenvalue weighted by molar-refractivity contribution is 9.11. The van der Waals surface area contributed by atoms with Gasteiger partial charge in [0.25, 0.3) is 3.79 Å². The van der Waals surface area contributed by atoms with E-state index < -0.39 is 34.1 Å². The van der Waals surface area contributed by atoms with Crippen molar-refractivity contribution in [2.45, 2.75) is 28.2 Å². The Bertz CT molecular complexity index is 478. The third-order valence-electron chi connectivity index (χ3n) is 3.18. The van der Waals surface area contributed by atoms with Crippen LogP contribution in [0.3, 0.4) is 0 Å². The fourth-order valence-electron chi connectivity index (χ4n) is 2.13. The van der Waals surface area contributed by atoms with Crippen LogP contribution in [0.1, 0.15) is 0 Å². The van der Waals surface area contributed by atoms with Gasteiger partial charge in [-0.15, -0.1) is 0 Å². The van der Waals surface area contributed by atoms with E-state index in [1.807, 2.05) is 0 Å². The minimum absolute atomic E-state index is 0.0234. The second kappa shape index (κ2) is 12.0. The molecule has 1 aliphatic rings. The highest BCUT2D eigenvalue weighted by atomic mass is 79.9. The first-order valence-electron chi connectivity index (χ1n) is 7.27. The normalized spacial score (nSPS) is 26.5. The molecular weight excluding hydrogens is 480 g/mol. The van der Waals surface area contributed by atoms with Crippen molar-refractivity contribution in [1.29, 1.82) is 5.41 Å². The minimum atomic E-state index is -2.02. The van der Waals surface area contributed by atoms with Gasteiger partial charge >= 0.3 is 0 Å². The predicted octanol–water partition coefficient (Wildman–Crippen LogP) is 2.98. The Morgan fingerprint density at radius 2 is 1.50 bits per heavy atom. The van der Waals surface area contributed by atoms with E-state index in [9.17, 15) is 0 Å². The van der Waals surface area contributed by atoms with E-state index >= 15 is 0 Å². The Hall–Kier alpha value is 0.320. The first kappa shape index (κ1) is 24.4. The van der Waals surface area contributed by atoms with E-state index in [4.69, 9.17) is 73.4 Å². The molecule has 0 radical (unpaired) electrons. The maximum atomic E-state index is 7.83. The van der Waals surface area contributed by atoms with Crippen LogP contribution in [0.4, 0.5) is 0 Å². The molecule has 1 N–H and O–H groups in total. The van der Waals surface area contributed by atoms with Gasteiger partial charge in [-0.1, -0.05) is 50.7 Å². The average Bonchev–Trinajstić information content (AvgIpc) is 2.58. The topological polar surface area (TPSA) is 88.5 Å². The van der Waals surface area contributed by atoms with Crippen molar-refractivity contribution >= 4 is 56.6 Å². The number of rotatable bonds is 10. The highest BCUT2D eigenvalue weighted by Gasteiger charge is 2.45. The van der Waals surface area contributed by atoms with Gasteiger partial charge in [-0.05, 0) is 6.08 Å². The van der Waals surface area contributed by atoms with Crippen LogP contribution < -0.4 is 0 Å². The molecule has 0 saturated heterocycles. The van der Waals surface area contributed by atoms with Crippen LogP contribution in [0.5, 0.6) is 0 Å². The molecule has 0 aromatic heterocycles. The lowest BCUT2D eigenvalue weighted by atomic mass is 9.95. The van der Waals surface area contributed by atoms with Gasteiger partial charge in [0.1, 0.15) is 38.7 Å². The lowest BCUT2D eigenvalue weighted by Gasteiger charge is -2.40. The Morgan fingerprint density at radius 3 is 2.00 bits per heavy atom. The van der Waals surface area contributed by atoms with E-state index in [1.165, 1.54) is 21.3 Å². The van der Waals surface area contributed by atoms with Crippen LogP contribution in [0, 0.1) is 5.41 Å². The summed E-state index contributed by atoms with van der Waals surface area (Å²) in [5, 5.41) is 7.83. The molecule has 0 bridgehead atoms. The standard InChI is InChI=1S/C14H21BrCl3NO7/c1-20-5-23-9-4-8(15)10(26-13(19)14(16,17)18)12(25-7-22-3)11(9)24-6-21-2/h4,9-12,19H,5-7H2,1-3H3/t9-,10-,11-,12-/m1/s1. The first-order chi connectivity index (χ1) is 12.3. The number of alkyl halides is 3. The molecule has 26 heavy (non-hydrogen) atoms. The van der Waals surface area contributed by atoms with Gasteiger partial charge < -0.3 is 33.2 Å². The first-order valence-corrected chi connectivity index (χ1v) is 9.20. The molecule has 0 spiro atoms. The lowest BCUT2D eigenvalue weighted by Crippen LogP contribution is -2.53. The summed E-state index contributed by atoms with van der Waals surface area (Å²) in [5.41, 5.74) is 0. The van der Waals surface area contributed by atoms with Gasteiger partial charge in [-0.3, -0.25) is 5.41 Å². The molecule has 0 saturated carbocycles. The monoisotopic (exact) mass is 499 g/mol. The number of hydrogen-bond donors (Lipinski definition) is 1. The van der Waals surface area contributed by atoms with Crippen LogP contribution in [0.25, 0.3) is 0 Å². The van der Waals surface area contributed by atoms with Crippen molar-refractivity contribution in [2.75, 3.05) is 41.7 Å². The average molecular weight is 502 g/mol. The van der Waals surface area contributed by atoms with Gasteiger partial charge in [0.05, 0.1) is 0 Å². The number of ether oxygens (including phenoxy) is 7. The summed E-state index contributed by atoms with van der Waals surface area (Å²) in [6.07, 6.45) is -1.13. The zero-order valence-corrected chi connectivity index (χ0v) is 18.2. The molecular formula is C14H21BrCl3NO7. The van der Waals surface area contributed by atoms with Crippen LogP contribution >= 0.6 is 50.7 Å². The van der Waals surface area contributed by atoms with Gasteiger partial charge in [0.15, 0.2) is 6.10 Å². The number of hydrogen-bond acceptors (Lipinski definition) is 8. The fourth-order valence-corrected chi connectivity index (χ4v) is 2.88. The van der Waals surface area contributed by atoms with Crippen LogP contribution in [0.2, 0.25) is 0 Å². The van der Waals surface area contributed by atoms with Crippen molar-refractivity contribution in [3.8, 4) is 0 Å². The van der Waals surface area contributed by atoms with E-state index in [0.717, 1.165) is 0 Å². The smallest absolute Gasteiger partial charge is 0.265 e. The number of methoxy groups -OCH3 is 3. The maximum Gasteiger partial charge on any atom is 0.265 e. The molecule has 0 amide bonds. The van der Waals surface area contributed by atoms with E-state index in [2.05, 4.69) is 15.9 Å². The van der Waals surface area contributed by atoms with Gasteiger partial charge in [-0.25, -0.2) is 0 Å². The molecule has 1 rings (SSSR count). The summed E-state index contributed by atoms with van der Waals surface area (Å²) >= 11 is 20.5. The van der Waals surface area contributed by atoms with Crippen molar-refractivity contribution in [2.24, 2.45) is 0 Å². The molecule has 0 aliphatic heterocycles. The lowest BCUT2D eigenvalue weighted by molar-refractivity contribution is -0.215. The predicted molar refractivity (Wildman–Crippen MR) is 100 cm³/mol. The van der Waals surface area contributed by atoms with Crippen molar-refractivity contribution in [3.63, 3.8) is 0 Å². The molecule has 0 heterocycles. The van der Waals surface area contributed by atoms with Crippen molar-refractivity contribution in [1.82, 2.24) is 0 Å². The van der Waals surface area contributed by atoms with Crippen LogP contribution in [0.15, 0.2) is 10.6 Å². The van der Waals surface area contributed by atoms with Gasteiger partial charge in [0, 0.05) is 25.8 Å². The molecule has 0 unspecified atom stereocenters. The van der Waals surface area contributed by atoms with Crippen LogP contribution in [-0.2, 0) is 33.2 Å². The van der Waals surface area contributed by atoms with Gasteiger partial charge in [-0.2, -0.15) is 0 Å². The maximum absolute atomic E-state index is 7.83. The summed E-state index contributed by atoms with van der Waals surface area (Å²) in [6.45, 7) is -0.0546. The Kier molecular flexibility index (Phi) is 11.2. The van der Waals surface area contributed by atoms with E-state index in [0.29, 0.717) is 4.48 Å². The zero-order chi connectivity index (χ0) is 19.7. The minimum Gasteiger partial charge on any atom is -0.466 e.